The van der Waals surface area contributed by atoms with Gasteiger partial charge in [-0.25, -0.2) is 9.97 Å². The molecule has 2 rings (SSSR count). The van der Waals surface area contributed by atoms with Crippen LogP contribution in [0, 0.1) is 0 Å². The Bertz CT molecular complexity index is 534. The maximum absolute atomic E-state index is 12.2. The normalized spacial score (nSPS) is 12.2. The third-order valence-corrected chi connectivity index (χ3v) is 2.13. The van der Waals surface area contributed by atoms with Gasteiger partial charge in [-0.1, -0.05) is 11.6 Å². The van der Waals surface area contributed by atoms with Crippen LogP contribution >= 0.6 is 11.6 Å². The van der Waals surface area contributed by atoms with Crippen LogP contribution in [-0.2, 0) is 6.54 Å². The lowest BCUT2D eigenvalue weighted by Crippen LogP contribution is -2.19. The molecule has 0 aliphatic heterocycles. The predicted molar refractivity (Wildman–Crippen MR) is 53.0 cm³/mol. The number of alkyl halides is 3. The van der Waals surface area contributed by atoms with Crippen LogP contribution in [0.15, 0.2) is 12.3 Å². The standard InChI is InChI=1S/C8H6ClF3N4/c9-4-1-5-6(14-2-4)16(7(13)15-5)3-8(10,11)12/h1-2H,3H2,(H2,13,15). The molecular formula is C8H6ClF3N4. The molecule has 0 radical (unpaired) electrons. The second-order valence-electron chi connectivity index (χ2n) is 3.17. The van der Waals surface area contributed by atoms with E-state index in [-0.39, 0.29) is 17.1 Å². The summed E-state index contributed by atoms with van der Waals surface area (Å²) >= 11 is 5.64. The maximum Gasteiger partial charge on any atom is 0.406 e. The number of nitrogens with zero attached hydrogens (tertiary/aromatic N) is 3. The van der Waals surface area contributed by atoms with Gasteiger partial charge in [-0.15, -0.1) is 0 Å². The zero-order chi connectivity index (χ0) is 11.9. The molecule has 0 fully saturated rings. The van der Waals surface area contributed by atoms with Crippen LogP contribution in [0.5, 0.6) is 0 Å². The Kier molecular flexibility index (Phi) is 2.42. The predicted octanol–water partition coefficient (Wildman–Crippen LogP) is 2.23. The Morgan fingerprint density at radius 2 is 2.12 bits per heavy atom. The summed E-state index contributed by atoms with van der Waals surface area (Å²) in [5.41, 5.74) is 5.69. The molecule has 0 atom stereocenters. The molecule has 16 heavy (non-hydrogen) atoms. The summed E-state index contributed by atoms with van der Waals surface area (Å²) in [6.45, 7) is -1.22. The molecule has 0 bridgehead atoms. The molecule has 4 nitrogen and oxygen atoms in total. The Hall–Kier alpha value is -1.50. The van der Waals surface area contributed by atoms with E-state index in [1.807, 2.05) is 0 Å². The van der Waals surface area contributed by atoms with E-state index in [1.54, 1.807) is 0 Å². The summed E-state index contributed by atoms with van der Waals surface area (Å²) in [6, 6.07) is 1.41. The third kappa shape index (κ3) is 2.04. The van der Waals surface area contributed by atoms with Crippen LogP contribution in [-0.4, -0.2) is 20.7 Å². The Morgan fingerprint density at radius 3 is 2.75 bits per heavy atom. The Morgan fingerprint density at radius 1 is 1.44 bits per heavy atom. The molecule has 86 valence electrons. The lowest BCUT2D eigenvalue weighted by atomic mass is 10.4. The summed E-state index contributed by atoms with van der Waals surface area (Å²) in [4.78, 5) is 7.53. The van der Waals surface area contributed by atoms with Crippen LogP contribution in [0.4, 0.5) is 19.1 Å². The van der Waals surface area contributed by atoms with Crippen molar-refractivity contribution in [3.8, 4) is 0 Å². The van der Waals surface area contributed by atoms with Crippen molar-refractivity contribution >= 4 is 28.7 Å². The fraction of sp³-hybridized carbons (Fsp3) is 0.250. The molecule has 0 amide bonds. The SMILES string of the molecule is Nc1nc2cc(Cl)cnc2n1CC(F)(F)F. The topological polar surface area (TPSA) is 56.7 Å². The maximum atomic E-state index is 12.2. The number of anilines is 1. The number of nitrogen functional groups attached to an aromatic ring is 1. The van der Waals surface area contributed by atoms with Crippen molar-refractivity contribution in [2.75, 3.05) is 5.73 Å². The summed E-state index contributed by atoms with van der Waals surface area (Å²) in [6.07, 6.45) is -3.12. The van der Waals surface area contributed by atoms with E-state index in [0.717, 1.165) is 4.57 Å². The highest BCUT2D eigenvalue weighted by Crippen LogP contribution is 2.24. The van der Waals surface area contributed by atoms with Crippen molar-refractivity contribution in [2.24, 2.45) is 0 Å². The number of nitrogens with two attached hydrogens (primary N) is 1. The molecule has 0 saturated carbocycles. The van der Waals surface area contributed by atoms with E-state index < -0.39 is 12.7 Å². The van der Waals surface area contributed by atoms with Crippen LogP contribution in [0.25, 0.3) is 11.2 Å². The molecule has 2 N–H and O–H groups in total. The van der Waals surface area contributed by atoms with Gasteiger partial charge in [-0.05, 0) is 6.07 Å². The number of fused-ring (bicyclic) bond motifs is 1. The van der Waals surface area contributed by atoms with E-state index in [9.17, 15) is 13.2 Å². The molecule has 0 aliphatic rings. The number of halogens is 4. The van der Waals surface area contributed by atoms with Gasteiger partial charge in [-0.3, -0.25) is 4.57 Å². The van der Waals surface area contributed by atoms with E-state index in [4.69, 9.17) is 17.3 Å². The van der Waals surface area contributed by atoms with Gasteiger partial charge in [0.05, 0.1) is 5.02 Å². The van der Waals surface area contributed by atoms with E-state index >= 15 is 0 Å². The highest BCUT2D eigenvalue weighted by molar-refractivity contribution is 6.31. The van der Waals surface area contributed by atoms with Gasteiger partial charge in [0, 0.05) is 6.20 Å². The molecule has 0 aliphatic carbocycles. The largest absolute Gasteiger partial charge is 0.406 e. The highest BCUT2D eigenvalue weighted by Gasteiger charge is 2.30. The van der Waals surface area contributed by atoms with Gasteiger partial charge in [-0.2, -0.15) is 13.2 Å². The Balaban J connectivity index is 2.56. The van der Waals surface area contributed by atoms with Gasteiger partial charge >= 0.3 is 6.18 Å². The molecule has 0 spiro atoms. The van der Waals surface area contributed by atoms with Crippen LogP contribution in [0.1, 0.15) is 0 Å². The van der Waals surface area contributed by atoms with E-state index in [0.29, 0.717) is 5.02 Å². The molecule has 0 saturated heterocycles. The number of hydrogen-bond donors (Lipinski definition) is 1. The number of hydrogen-bond acceptors (Lipinski definition) is 3. The molecule has 2 aromatic heterocycles. The fourth-order valence-corrected chi connectivity index (χ4v) is 1.49. The monoisotopic (exact) mass is 250 g/mol. The van der Waals surface area contributed by atoms with E-state index in [1.165, 1.54) is 12.3 Å². The van der Waals surface area contributed by atoms with E-state index in [2.05, 4.69) is 9.97 Å². The van der Waals surface area contributed by atoms with Crippen molar-refractivity contribution in [2.45, 2.75) is 12.7 Å². The number of rotatable bonds is 1. The van der Waals surface area contributed by atoms with Crippen LogP contribution in [0.2, 0.25) is 5.02 Å². The number of pyridine rings is 1. The smallest absolute Gasteiger partial charge is 0.369 e. The second-order valence-corrected chi connectivity index (χ2v) is 3.60. The zero-order valence-electron chi connectivity index (χ0n) is 7.79. The van der Waals surface area contributed by atoms with Crippen molar-refractivity contribution in [3.63, 3.8) is 0 Å². The molecular weight excluding hydrogens is 245 g/mol. The van der Waals surface area contributed by atoms with Gasteiger partial charge in [0.25, 0.3) is 0 Å². The first kappa shape index (κ1) is 11.0. The average molecular weight is 251 g/mol. The van der Waals surface area contributed by atoms with Crippen molar-refractivity contribution in [1.29, 1.82) is 0 Å². The van der Waals surface area contributed by atoms with Crippen molar-refractivity contribution in [1.82, 2.24) is 14.5 Å². The molecule has 0 aromatic carbocycles. The highest BCUT2D eigenvalue weighted by atomic mass is 35.5. The van der Waals surface area contributed by atoms with Crippen LogP contribution < -0.4 is 5.73 Å². The zero-order valence-corrected chi connectivity index (χ0v) is 8.55. The number of aromatic nitrogens is 3. The van der Waals surface area contributed by atoms with Gasteiger partial charge in [0.1, 0.15) is 12.1 Å². The van der Waals surface area contributed by atoms with Crippen molar-refractivity contribution in [3.05, 3.63) is 17.3 Å². The molecule has 8 heteroatoms. The minimum atomic E-state index is -4.37. The van der Waals surface area contributed by atoms with Crippen LogP contribution in [0.3, 0.4) is 0 Å². The second kappa shape index (κ2) is 3.51. The van der Waals surface area contributed by atoms with Crippen molar-refractivity contribution < 1.29 is 13.2 Å². The summed E-state index contributed by atoms with van der Waals surface area (Å²) < 4.78 is 37.5. The average Bonchev–Trinajstić information content (AvgIpc) is 2.40. The lowest BCUT2D eigenvalue weighted by molar-refractivity contribution is -0.139. The number of imidazole rings is 1. The molecule has 2 aromatic rings. The summed E-state index contributed by atoms with van der Waals surface area (Å²) in [5, 5.41) is 0.296. The van der Waals surface area contributed by atoms with Gasteiger partial charge in [0.2, 0.25) is 5.95 Å². The Labute approximate surface area is 92.8 Å². The third-order valence-electron chi connectivity index (χ3n) is 1.92. The van der Waals surface area contributed by atoms with Gasteiger partial charge < -0.3 is 5.73 Å². The minimum absolute atomic E-state index is 0.0687. The quantitative estimate of drug-likeness (QED) is 0.844. The summed E-state index contributed by atoms with van der Waals surface area (Å²) in [7, 11) is 0. The molecule has 0 unspecified atom stereocenters. The first-order chi connectivity index (χ1) is 7.37. The molecule has 2 heterocycles. The first-order valence-electron chi connectivity index (χ1n) is 4.21. The first-order valence-corrected chi connectivity index (χ1v) is 4.58. The fourth-order valence-electron chi connectivity index (χ4n) is 1.34. The lowest BCUT2D eigenvalue weighted by Gasteiger charge is -2.08. The van der Waals surface area contributed by atoms with Gasteiger partial charge in [0.15, 0.2) is 5.65 Å². The summed E-state index contributed by atoms with van der Waals surface area (Å²) in [5.74, 6) is -0.234. The minimum Gasteiger partial charge on any atom is -0.369 e.